The summed E-state index contributed by atoms with van der Waals surface area (Å²) in [5.41, 5.74) is 14.8. The van der Waals surface area contributed by atoms with E-state index < -0.39 is 6.67 Å². The summed E-state index contributed by atoms with van der Waals surface area (Å²) in [5.74, 6) is 0.291. The highest BCUT2D eigenvalue weighted by atomic mass is 32.1. The van der Waals surface area contributed by atoms with E-state index in [1.807, 2.05) is 18.0 Å². The van der Waals surface area contributed by atoms with Gasteiger partial charge in [-0.2, -0.15) is 0 Å². The number of anilines is 2. The number of hydrogen-bond donors (Lipinski definition) is 3. The third-order valence-electron chi connectivity index (χ3n) is 6.04. The number of carbonyl (C=O) groups excluding carboxylic acids is 1. The second-order valence-corrected chi connectivity index (χ2v) is 10.5. The molecule has 1 saturated heterocycles. The van der Waals surface area contributed by atoms with Crippen LogP contribution in [0.4, 0.5) is 16.0 Å². The number of nitrogens with zero attached hydrogens (tertiary/aromatic N) is 4. The number of halogens is 1. The van der Waals surface area contributed by atoms with Crippen molar-refractivity contribution in [2.24, 2.45) is 11.7 Å². The largest absolute Gasteiger partial charge is 0.396 e. The highest BCUT2D eigenvalue weighted by Crippen LogP contribution is 2.37. The van der Waals surface area contributed by atoms with E-state index in [9.17, 15) is 9.18 Å². The highest BCUT2D eigenvalue weighted by molar-refractivity contribution is 7.29. The molecule has 4 heterocycles. The molecule has 2 aliphatic rings. The Morgan fingerprint density at radius 2 is 2.19 bits per heavy atom. The van der Waals surface area contributed by atoms with Gasteiger partial charge >= 0.3 is 0 Å². The highest BCUT2D eigenvalue weighted by Gasteiger charge is 2.32. The number of nitrogens with two attached hydrogens (primary N) is 2. The Labute approximate surface area is 186 Å². The van der Waals surface area contributed by atoms with Crippen molar-refractivity contribution in [3.8, 4) is 0 Å². The van der Waals surface area contributed by atoms with Crippen LogP contribution >= 0.6 is 22.7 Å². The number of thiophene rings is 1. The van der Waals surface area contributed by atoms with Gasteiger partial charge in [0.1, 0.15) is 9.71 Å². The number of alkyl halides is 1. The summed E-state index contributed by atoms with van der Waals surface area (Å²) in [7, 11) is 0. The van der Waals surface area contributed by atoms with E-state index >= 15 is 0 Å². The quantitative estimate of drug-likeness (QED) is 0.543. The van der Waals surface area contributed by atoms with Gasteiger partial charge in [-0.1, -0.05) is 0 Å². The van der Waals surface area contributed by atoms with E-state index in [1.165, 1.54) is 22.7 Å². The standard InChI is InChI=1S/C20H24FN7OS2/c1-9-25-19-17(30-9)15(23)16(31-19)18(29)26-12-2-3-14-10(4-12)6-24-20(27-14)28-7-11(5-21)13(22)8-28/h6,11-13H,2-5,7-8,22-23H2,1H3,(H,26,29). The zero-order chi connectivity index (χ0) is 21.7. The Balaban J connectivity index is 1.27. The molecule has 0 bridgehead atoms. The first-order valence-corrected chi connectivity index (χ1v) is 11.9. The van der Waals surface area contributed by atoms with Crippen molar-refractivity contribution in [3.05, 3.63) is 27.3 Å². The molecule has 3 unspecified atom stereocenters. The van der Waals surface area contributed by atoms with Crippen LogP contribution in [0, 0.1) is 12.8 Å². The van der Waals surface area contributed by atoms with Gasteiger partial charge in [0.25, 0.3) is 5.91 Å². The Bertz CT molecular complexity index is 1150. The molecule has 1 aliphatic heterocycles. The average Bonchev–Trinajstić information content (AvgIpc) is 3.40. The van der Waals surface area contributed by atoms with Crippen LogP contribution in [0.15, 0.2) is 6.20 Å². The van der Waals surface area contributed by atoms with E-state index in [-0.39, 0.29) is 23.9 Å². The van der Waals surface area contributed by atoms with Crippen molar-refractivity contribution in [2.45, 2.75) is 38.3 Å². The van der Waals surface area contributed by atoms with E-state index in [4.69, 9.17) is 16.5 Å². The number of carbonyl (C=O) groups is 1. The van der Waals surface area contributed by atoms with Crippen LogP contribution in [-0.2, 0) is 12.8 Å². The summed E-state index contributed by atoms with van der Waals surface area (Å²) in [6.07, 6.45) is 4.04. The maximum absolute atomic E-state index is 13.1. The van der Waals surface area contributed by atoms with Crippen molar-refractivity contribution < 1.29 is 9.18 Å². The summed E-state index contributed by atoms with van der Waals surface area (Å²) in [5, 5.41) is 4.06. The van der Waals surface area contributed by atoms with Crippen LogP contribution in [0.2, 0.25) is 0 Å². The van der Waals surface area contributed by atoms with Crippen LogP contribution in [0.5, 0.6) is 0 Å². The minimum absolute atomic E-state index is 0.000178. The van der Waals surface area contributed by atoms with E-state index in [1.54, 1.807) is 0 Å². The monoisotopic (exact) mass is 461 g/mol. The number of amides is 1. The first-order chi connectivity index (χ1) is 14.9. The van der Waals surface area contributed by atoms with E-state index in [0.29, 0.717) is 36.0 Å². The number of thiazole rings is 1. The summed E-state index contributed by atoms with van der Waals surface area (Å²) in [6.45, 7) is 2.62. The molecule has 5 rings (SSSR count). The smallest absolute Gasteiger partial charge is 0.263 e. The van der Waals surface area contributed by atoms with Gasteiger partial charge < -0.3 is 21.7 Å². The Hall–Kier alpha value is -2.37. The Morgan fingerprint density at radius 3 is 2.94 bits per heavy atom. The molecule has 0 saturated carbocycles. The maximum atomic E-state index is 13.1. The van der Waals surface area contributed by atoms with Gasteiger partial charge in [-0.25, -0.2) is 15.0 Å². The van der Waals surface area contributed by atoms with E-state index in [0.717, 1.165) is 38.6 Å². The number of nitrogen functional groups attached to an aromatic ring is 1. The molecule has 3 aromatic heterocycles. The molecule has 3 atom stereocenters. The van der Waals surface area contributed by atoms with Crippen LogP contribution in [0.25, 0.3) is 9.53 Å². The van der Waals surface area contributed by atoms with Gasteiger partial charge in [-0.05, 0) is 31.7 Å². The molecule has 164 valence electrons. The normalized spacial score (nSPS) is 23.3. The molecule has 0 spiro atoms. The number of rotatable bonds is 4. The summed E-state index contributed by atoms with van der Waals surface area (Å²) >= 11 is 2.85. The SMILES string of the molecule is Cc1nc2sc(C(=O)NC3CCc4nc(N5CC(N)C(CF)C5)ncc4C3)c(N)c2s1. The maximum Gasteiger partial charge on any atom is 0.263 e. The Kier molecular flexibility index (Phi) is 5.27. The summed E-state index contributed by atoms with van der Waals surface area (Å²) < 4.78 is 14.0. The topological polar surface area (TPSA) is 123 Å². The average molecular weight is 462 g/mol. The van der Waals surface area contributed by atoms with Crippen LogP contribution in [0.1, 0.15) is 32.4 Å². The van der Waals surface area contributed by atoms with Crippen molar-refractivity contribution in [1.82, 2.24) is 20.3 Å². The molecule has 0 radical (unpaired) electrons. The molecule has 1 aliphatic carbocycles. The van der Waals surface area contributed by atoms with Crippen molar-refractivity contribution in [3.63, 3.8) is 0 Å². The Morgan fingerprint density at radius 1 is 1.35 bits per heavy atom. The zero-order valence-electron chi connectivity index (χ0n) is 17.1. The fourth-order valence-corrected chi connectivity index (χ4v) is 6.41. The third-order valence-corrected chi connectivity index (χ3v) is 8.27. The molecule has 8 nitrogen and oxygen atoms in total. The molecule has 11 heteroatoms. The summed E-state index contributed by atoms with van der Waals surface area (Å²) in [6, 6.07) is -0.192. The minimum Gasteiger partial charge on any atom is -0.396 e. The molecule has 0 aromatic carbocycles. The molecular weight excluding hydrogens is 437 g/mol. The van der Waals surface area contributed by atoms with Gasteiger partial charge in [-0.3, -0.25) is 9.18 Å². The number of hydrogen-bond acceptors (Lipinski definition) is 9. The number of aromatic nitrogens is 3. The second-order valence-electron chi connectivity index (χ2n) is 8.25. The lowest BCUT2D eigenvalue weighted by Crippen LogP contribution is -2.39. The molecular formula is C20H24FN7OS2. The zero-order valence-corrected chi connectivity index (χ0v) is 18.7. The fourth-order valence-electron chi connectivity index (χ4n) is 4.32. The summed E-state index contributed by atoms with van der Waals surface area (Å²) in [4.78, 5) is 29.8. The van der Waals surface area contributed by atoms with Crippen LogP contribution in [0.3, 0.4) is 0 Å². The number of aryl methyl sites for hydroxylation is 2. The van der Waals surface area contributed by atoms with Crippen molar-refractivity contribution in [1.29, 1.82) is 0 Å². The van der Waals surface area contributed by atoms with E-state index in [2.05, 4.69) is 15.3 Å². The second kappa shape index (κ2) is 7.95. The number of nitrogens with one attached hydrogen (secondary N) is 1. The predicted molar refractivity (Wildman–Crippen MR) is 122 cm³/mol. The van der Waals surface area contributed by atoms with Crippen molar-refractivity contribution in [2.75, 3.05) is 30.4 Å². The third kappa shape index (κ3) is 3.74. The lowest BCUT2D eigenvalue weighted by molar-refractivity contribution is 0.0938. The predicted octanol–water partition coefficient (Wildman–Crippen LogP) is 2.06. The van der Waals surface area contributed by atoms with Crippen molar-refractivity contribution >= 4 is 49.7 Å². The molecule has 5 N–H and O–H groups in total. The lowest BCUT2D eigenvalue weighted by Gasteiger charge is -2.26. The molecule has 3 aromatic rings. The van der Waals surface area contributed by atoms with Crippen LogP contribution < -0.4 is 21.7 Å². The lowest BCUT2D eigenvalue weighted by atomic mass is 9.93. The fraction of sp³-hybridized carbons (Fsp3) is 0.500. The first-order valence-electron chi connectivity index (χ1n) is 10.3. The molecule has 1 amide bonds. The minimum atomic E-state index is -0.424. The number of fused-ring (bicyclic) bond motifs is 2. The molecule has 31 heavy (non-hydrogen) atoms. The van der Waals surface area contributed by atoms with Crippen LogP contribution in [-0.4, -0.2) is 52.7 Å². The first kappa shape index (κ1) is 20.5. The van der Waals surface area contributed by atoms with Gasteiger partial charge in [0.2, 0.25) is 5.95 Å². The van der Waals surface area contributed by atoms with Gasteiger partial charge in [0.05, 0.1) is 22.1 Å². The van der Waals surface area contributed by atoms with Gasteiger partial charge in [0, 0.05) is 43.0 Å². The molecule has 1 fully saturated rings. The van der Waals surface area contributed by atoms with Gasteiger partial charge in [-0.15, -0.1) is 22.7 Å². The van der Waals surface area contributed by atoms with Gasteiger partial charge in [0.15, 0.2) is 0 Å².